The van der Waals surface area contributed by atoms with Crippen molar-refractivity contribution in [2.75, 3.05) is 18.0 Å². The van der Waals surface area contributed by atoms with E-state index in [0.717, 1.165) is 12.2 Å². The minimum atomic E-state index is -0.484. The molecule has 0 radical (unpaired) electrons. The van der Waals surface area contributed by atoms with Crippen LogP contribution in [0, 0.1) is 0 Å². The van der Waals surface area contributed by atoms with Crippen LogP contribution in [-0.2, 0) is 11.3 Å². The molecule has 2 aliphatic heterocycles. The quantitative estimate of drug-likeness (QED) is 0.900. The average molecular weight is 352 g/mol. The number of nitrogens with zero attached hydrogens (tertiary/aromatic N) is 3. The maximum Gasteiger partial charge on any atom is 0.328 e. The van der Waals surface area contributed by atoms with E-state index < -0.39 is 6.03 Å². The van der Waals surface area contributed by atoms with Crippen LogP contribution >= 0.6 is 0 Å². The maximum absolute atomic E-state index is 13.3. The Hall–Kier alpha value is -3.09. The Bertz CT molecular complexity index is 888. The molecule has 0 bridgehead atoms. The van der Waals surface area contributed by atoms with Gasteiger partial charge in [0.15, 0.2) is 0 Å². The van der Waals surface area contributed by atoms with Crippen molar-refractivity contribution in [2.45, 2.75) is 25.9 Å². The minimum Gasteiger partial charge on any atom is -0.348 e. The van der Waals surface area contributed by atoms with Gasteiger partial charge in [-0.25, -0.2) is 4.79 Å². The van der Waals surface area contributed by atoms with E-state index in [1.165, 1.54) is 4.90 Å². The molecule has 0 aliphatic carbocycles. The van der Waals surface area contributed by atoms with Crippen LogP contribution in [0.25, 0.3) is 0 Å². The first-order chi connectivity index (χ1) is 12.6. The number of para-hydroxylation sites is 1. The number of rotatable bonds is 2. The summed E-state index contributed by atoms with van der Waals surface area (Å²) in [4.78, 5) is 40.2. The number of fused-ring (bicyclic) bond motifs is 1. The van der Waals surface area contributed by atoms with Crippen LogP contribution in [0.3, 0.4) is 0 Å². The molecule has 4 amide bonds. The van der Waals surface area contributed by atoms with Crippen LogP contribution in [0.15, 0.2) is 42.6 Å². The van der Waals surface area contributed by atoms with Gasteiger partial charge in [-0.3, -0.25) is 19.8 Å². The molecule has 7 heteroatoms. The van der Waals surface area contributed by atoms with Crippen LogP contribution in [0.4, 0.5) is 10.5 Å². The smallest absolute Gasteiger partial charge is 0.328 e. The first-order valence-corrected chi connectivity index (χ1v) is 8.72. The van der Waals surface area contributed by atoms with E-state index >= 15 is 0 Å². The normalized spacial score (nSPS) is 20.0. The van der Waals surface area contributed by atoms with Gasteiger partial charge < -0.3 is 9.47 Å². The topological polar surface area (TPSA) is 74.7 Å². The summed E-state index contributed by atoms with van der Waals surface area (Å²) >= 11 is 0. The lowest BCUT2D eigenvalue weighted by molar-refractivity contribution is -0.120. The van der Waals surface area contributed by atoms with Gasteiger partial charge in [-0.2, -0.15) is 0 Å². The molecule has 1 fully saturated rings. The number of carbonyl (C=O) groups excluding carboxylic acids is 3. The molecule has 0 spiro atoms. The number of carbonyl (C=O) groups is 3. The van der Waals surface area contributed by atoms with Gasteiger partial charge in [0.2, 0.25) is 5.91 Å². The molecule has 0 unspecified atom stereocenters. The molecule has 1 N–H and O–H groups in total. The van der Waals surface area contributed by atoms with Gasteiger partial charge in [-0.1, -0.05) is 12.1 Å². The summed E-state index contributed by atoms with van der Waals surface area (Å²) in [5.74, 6) is -0.397. The predicted octanol–water partition coefficient (Wildman–Crippen LogP) is 2.15. The standard InChI is InChI=1S/C19H20N4O3/c1-13-15-7-4-9-21(15)11-12-22(13)18(25)14-5-2-3-6-16(14)23-10-8-17(24)20-19(23)26/h2-7,9,13H,8,10-12H2,1H3,(H,20,24,26)/t13-/m0/s1. The third-order valence-electron chi connectivity index (χ3n) is 5.08. The molecular weight excluding hydrogens is 332 g/mol. The van der Waals surface area contributed by atoms with Gasteiger partial charge >= 0.3 is 6.03 Å². The summed E-state index contributed by atoms with van der Waals surface area (Å²) in [6, 6.07) is 10.6. The van der Waals surface area contributed by atoms with Crippen LogP contribution < -0.4 is 10.2 Å². The molecule has 2 aliphatic rings. The number of anilines is 1. The lowest BCUT2D eigenvalue weighted by Crippen LogP contribution is -2.50. The lowest BCUT2D eigenvalue weighted by atomic mass is 10.1. The van der Waals surface area contributed by atoms with Crippen molar-refractivity contribution in [1.29, 1.82) is 0 Å². The number of amides is 4. The Kier molecular flexibility index (Phi) is 3.99. The zero-order valence-electron chi connectivity index (χ0n) is 14.5. The van der Waals surface area contributed by atoms with E-state index in [9.17, 15) is 14.4 Å². The van der Waals surface area contributed by atoms with Gasteiger partial charge in [-0.05, 0) is 31.2 Å². The van der Waals surface area contributed by atoms with Gasteiger partial charge in [-0.15, -0.1) is 0 Å². The minimum absolute atomic E-state index is 0.0453. The molecule has 26 heavy (non-hydrogen) atoms. The monoisotopic (exact) mass is 352 g/mol. The van der Waals surface area contributed by atoms with Crippen LogP contribution in [0.2, 0.25) is 0 Å². The molecule has 1 atom stereocenters. The largest absolute Gasteiger partial charge is 0.348 e. The fourth-order valence-electron chi connectivity index (χ4n) is 3.69. The maximum atomic E-state index is 13.3. The van der Waals surface area contributed by atoms with E-state index in [0.29, 0.717) is 17.8 Å². The number of hydrogen-bond donors (Lipinski definition) is 1. The van der Waals surface area contributed by atoms with Crippen molar-refractivity contribution in [3.8, 4) is 0 Å². The molecule has 0 saturated carbocycles. The number of imide groups is 1. The summed E-state index contributed by atoms with van der Waals surface area (Å²) < 4.78 is 2.16. The van der Waals surface area contributed by atoms with Crippen LogP contribution in [0.1, 0.15) is 35.4 Å². The fraction of sp³-hybridized carbons (Fsp3) is 0.316. The van der Waals surface area contributed by atoms with Crippen LogP contribution in [0.5, 0.6) is 0 Å². The molecule has 1 aromatic heterocycles. The second kappa shape index (κ2) is 6.33. The van der Waals surface area contributed by atoms with E-state index in [1.807, 2.05) is 30.2 Å². The summed E-state index contributed by atoms with van der Waals surface area (Å²) in [5, 5.41) is 2.31. The highest BCUT2D eigenvalue weighted by Gasteiger charge is 2.32. The van der Waals surface area contributed by atoms with E-state index in [-0.39, 0.29) is 30.8 Å². The number of nitrogens with one attached hydrogen (secondary N) is 1. The number of urea groups is 1. The number of aromatic nitrogens is 1. The average Bonchev–Trinajstić information content (AvgIpc) is 3.11. The Balaban J connectivity index is 1.65. The zero-order chi connectivity index (χ0) is 18.3. The highest BCUT2D eigenvalue weighted by atomic mass is 16.2. The molecule has 1 aromatic carbocycles. The molecule has 1 saturated heterocycles. The molecule has 3 heterocycles. The van der Waals surface area contributed by atoms with Crippen molar-refractivity contribution >= 4 is 23.5 Å². The van der Waals surface area contributed by atoms with Gasteiger partial charge in [0.05, 0.1) is 17.3 Å². The Morgan fingerprint density at radius 1 is 1.08 bits per heavy atom. The highest BCUT2D eigenvalue weighted by molar-refractivity contribution is 6.09. The van der Waals surface area contributed by atoms with Crippen molar-refractivity contribution in [3.63, 3.8) is 0 Å². The summed E-state index contributed by atoms with van der Waals surface area (Å²) in [6.45, 7) is 3.64. The van der Waals surface area contributed by atoms with Crippen molar-refractivity contribution < 1.29 is 14.4 Å². The molecule has 7 nitrogen and oxygen atoms in total. The first kappa shape index (κ1) is 16.4. The van der Waals surface area contributed by atoms with Crippen molar-refractivity contribution in [3.05, 3.63) is 53.9 Å². The summed E-state index contributed by atoms with van der Waals surface area (Å²) in [5.41, 5.74) is 2.11. The number of benzene rings is 1. The Morgan fingerprint density at radius 2 is 1.88 bits per heavy atom. The van der Waals surface area contributed by atoms with Gasteiger partial charge in [0.1, 0.15) is 0 Å². The second-order valence-electron chi connectivity index (χ2n) is 6.57. The zero-order valence-corrected chi connectivity index (χ0v) is 14.5. The van der Waals surface area contributed by atoms with E-state index in [1.54, 1.807) is 24.3 Å². The second-order valence-corrected chi connectivity index (χ2v) is 6.57. The molecule has 4 rings (SSSR count). The molecule has 2 aromatic rings. The van der Waals surface area contributed by atoms with E-state index in [2.05, 4.69) is 9.88 Å². The first-order valence-electron chi connectivity index (χ1n) is 8.72. The fourth-order valence-corrected chi connectivity index (χ4v) is 3.69. The third kappa shape index (κ3) is 2.65. The van der Waals surface area contributed by atoms with Crippen molar-refractivity contribution in [1.82, 2.24) is 14.8 Å². The SMILES string of the molecule is C[C@H]1c2cccn2CCN1C(=O)c1ccccc1N1CCC(=O)NC1=O. The van der Waals surface area contributed by atoms with Gasteiger partial charge in [0, 0.05) is 37.9 Å². The van der Waals surface area contributed by atoms with Gasteiger partial charge in [0.25, 0.3) is 5.91 Å². The molecule has 134 valence electrons. The summed E-state index contributed by atoms with van der Waals surface area (Å²) in [7, 11) is 0. The van der Waals surface area contributed by atoms with Crippen molar-refractivity contribution in [2.24, 2.45) is 0 Å². The van der Waals surface area contributed by atoms with Crippen LogP contribution in [-0.4, -0.2) is 40.4 Å². The highest BCUT2D eigenvalue weighted by Crippen LogP contribution is 2.30. The van der Waals surface area contributed by atoms with E-state index in [4.69, 9.17) is 0 Å². The third-order valence-corrected chi connectivity index (χ3v) is 5.08. The molecular formula is C19H20N4O3. The predicted molar refractivity (Wildman–Crippen MR) is 95.8 cm³/mol. The summed E-state index contributed by atoms with van der Waals surface area (Å²) in [6.07, 6.45) is 2.25. The lowest BCUT2D eigenvalue weighted by Gasteiger charge is -2.36. The Morgan fingerprint density at radius 3 is 2.69 bits per heavy atom. The number of hydrogen-bond acceptors (Lipinski definition) is 3. The Labute approximate surface area is 151 Å².